The highest BCUT2D eigenvalue weighted by molar-refractivity contribution is 6.34. The third kappa shape index (κ3) is 2.86. The molecule has 0 unspecified atom stereocenters. The van der Waals surface area contributed by atoms with Crippen LogP contribution in [0.1, 0.15) is 11.4 Å². The van der Waals surface area contributed by atoms with Gasteiger partial charge in [0.15, 0.2) is 0 Å². The van der Waals surface area contributed by atoms with E-state index < -0.39 is 0 Å². The molecule has 0 amide bonds. The molecule has 0 saturated carbocycles. The molecule has 0 fully saturated rings. The van der Waals surface area contributed by atoms with Gasteiger partial charge in [0.25, 0.3) is 0 Å². The molecule has 0 aliphatic heterocycles. The van der Waals surface area contributed by atoms with Crippen molar-refractivity contribution >= 4 is 28.6 Å². The summed E-state index contributed by atoms with van der Waals surface area (Å²) in [7, 11) is 0. The van der Waals surface area contributed by atoms with Gasteiger partial charge in [-0.1, -0.05) is 66.2 Å². The first-order chi connectivity index (χ1) is 9.83. The van der Waals surface area contributed by atoms with Crippen LogP contribution in [0.2, 0.25) is 5.15 Å². The maximum absolute atomic E-state index is 6.18. The lowest BCUT2D eigenvalue weighted by Crippen LogP contribution is -1.94. The predicted octanol–water partition coefficient (Wildman–Crippen LogP) is 4.54. The molecule has 0 aliphatic rings. The van der Waals surface area contributed by atoms with Gasteiger partial charge in [0.2, 0.25) is 0 Å². The molecular weight excluding hydrogens is 268 g/mol. The molecule has 3 aromatic rings. The Balaban J connectivity index is 1.83. The fourth-order valence-corrected chi connectivity index (χ4v) is 2.30. The highest BCUT2D eigenvalue weighted by atomic mass is 35.5. The SMILES string of the molecule is Clc1nc(CC=Cc2ccccc2)nc2ccccc12. The van der Waals surface area contributed by atoms with Crippen LogP contribution in [0.25, 0.3) is 17.0 Å². The number of hydrogen-bond donors (Lipinski definition) is 0. The highest BCUT2D eigenvalue weighted by Crippen LogP contribution is 2.20. The number of benzene rings is 2. The molecule has 2 nitrogen and oxygen atoms in total. The van der Waals surface area contributed by atoms with Crippen molar-refractivity contribution in [2.45, 2.75) is 6.42 Å². The highest BCUT2D eigenvalue weighted by Gasteiger charge is 2.03. The van der Waals surface area contributed by atoms with E-state index in [9.17, 15) is 0 Å². The molecule has 20 heavy (non-hydrogen) atoms. The monoisotopic (exact) mass is 280 g/mol. The van der Waals surface area contributed by atoms with E-state index in [0.717, 1.165) is 16.7 Å². The summed E-state index contributed by atoms with van der Waals surface area (Å²) in [6, 6.07) is 17.9. The van der Waals surface area contributed by atoms with Gasteiger partial charge < -0.3 is 0 Å². The first kappa shape index (κ1) is 12.8. The zero-order chi connectivity index (χ0) is 13.8. The minimum absolute atomic E-state index is 0.513. The fourth-order valence-electron chi connectivity index (χ4n) is 2.04. The van der Waals surface area contributed by atoms with Crippen LogP contribution in [-0.2, 0) is 6.42 Å². The van der Waals surface area contributed by atoms with Gasteiger partial charge in [-0.15, -0.1) is 0 Å². The van der Waals surface area contributed by atoms with E-state index in [-0.39, 0.29) is 0 Å². The van der Waals surface area contributed by atoms with Crippen LogP contribution < -0.4 is 0 Å². The van der Waals surface area contributed by atoms with Crippen molar-refractivity contribution in [2.75, 3.05) is 0 Å². The molecule has 1 aromatic heterocycles. The van der Waals surface area contributed by atoms with E-state index in [1.807, 2.05) is 42.5 Å². The van der Waals surface area contributed by atoms with E-state index in [0.29, 0.717) is 11.6 Å². The van der Waals surface area contributed by atoms with Gasteiger partial charge in [-0.3, -0.25) is 0 Å². The smallest absolute Gasteiger partial charge is 0.140 e. The third-order valence-corrected chi connectivity index (χ3v) is 3.30. The van der Waals surface area contributed by atoms with Gasteiger partial charge in [-0.25, -0.2) is 9.97 Å². The summed E-state index contributed by atoms with van der Waals surface area (Å²) in [6.07, 6.45) is 4.78. The molecule has 98 valence electrons. The lowest BCUT2D eigenvalue weighted by atomic mass is 10.2. The minimum atomic E-state index is 0.513. The van der Waals surface area contributed by atoms with Crippen molar-refractivity contribution in [1.29, 1.82) is 0 Å². The average Bonchev–Trinajstić information content (AvgIpc) is 2.48. The second-order valence-corrected chi connectivity index (χ2v) is 4.82. The normalized spacial score (nSPS) is 11.2. The molecule has 0 N–H and O–H groups in total. The summed E-state index contributed by atoms with van der Waals surface area (Å²) in [5, 5.41) is 1.41. The number of para-hydroxylation sites is 1. The third-order valence-electron chi connectivity index (χ3n) is 3.01. The summed E-state index contributed by atoms with van der Waals surface area (Å²) in [5.74, 6) is 0.737. The molecule has 0 saturated heterocycles. The summed E-state index contributed by atoms with van der Waals surface area (Å²) in [4.78, 5) is 8.86. The first-order valence-electron chi connectivity index (χ1n) is 6.46. The Kier molecular flexibility index (Phi) is 3.75. The largest absolute Gasteiger partial charge is 0.232 e. The second kappa shape index (κ2) is 5.85. The number of fused-ring (bicyclic) bond motifs is 1. The van der Waals surface area contributed by atoms with Gasteiger partial charge in [0.1, 0.15) is 11.0 Å². The molecule has 3 heteroatoms. The van der Waals surface area contributed by atoms with Crippen LogP contribution in [0, 0.1) is 0 Å². The van der Waals surface area contributed by atoms with Crippen molar-refractivity contribution in [1.82, 2.24) is 9.97 Å². The van der Waals surface area contributed by atoms with E-state index in [1.165, 1.54) is 5.56 Å². The van der Waals surface area contributed by atoms with Crippen LogP contribution in [-0.4, -0.2) is 9.97 Å². The lowest BCUT2D eigenvalue weighted by Gasteiger charge is -2.02. The number of allylic oxidation sites excluding steroid dienone is 1. The molecular formula is C17H13ClN2. The van der Waals surface area contributed by atoms with Crippen molar-refractivity contribution in [3.05, 3.63) is 77.2 Å². The zero-order valence-electron chi connectivity index (χ0n) is 10.8. The van der Waals surface area contributed by atoms with Crippen molar-refractivity contribution in [2.24, 2.45) is 0 Å². The molecule has 0 aliphatic carbocycles. The molecule has 0 spiro atoms. The number of rotatable bonds is 3. The van der Waals surface area contributed by atoms with Gasteiger partial charge in [0.05, 0.1) is 5.52 Å². The van der Waals surface area contributed by atoms with Gasteiger partial charge in [0, 0.05) is 11.8 Å². The minimum Gasteiger partial charge on any atom is -0.232 e. The Morgan fingerprint density at radius 2 is 1.65 bits per heavy atom. The molecule has 1 heterocycles. The molecule has 3 rings (SSSR count). The van der Waals surface area contributed by atoms with E-state index in [2.05, 4.69) is 34.3 Å². The number of hydrogen-bond acceptors (Lipinski definition) is 2. The van der Waals surface area contributed by atoms with Crippen molar-refractivity contribution in [3.63, 3.8) is 0 Å². The molecule has 0 radical (unpaired) electrons. The predicted molar refractivity (Wildman–Crippen MR) is 83.7 cm³/mol. The maximum atomic E-state index is 6.18. The Bertz CT molecular complexity index is 751. The quantitative estimate of drug-likeness (QED) is 0.658. The standard InChI is InChI=1S/C17H13ClN2/c18-17-14-10-4-5-11-15(14)19-16(20-17)12-6-9-13-7-2-1-3-8-13/h1-11H,12H2. The van der Waals surface area contributed by atoms with E-state index >= 15 is 0 Å². The van der Waals surface area contributed by atoms with E-state index in [1.54, 1.807) is 0 Å². The van der Waals surface area contributed by atoms with Crippen molar-refractivity contribution < 1.29 is 0 Å². The van der Waals surface area contributed by atoms with Gasteiger partial charge >= 0.3 is 0 Å². The Hall–Kier alpha value is -2.19. The maximum Gasteiger partial charge on any atom is 0.140 e. The van der Waals surface area contributed by atoms with Gasteiger partial charge in [-0.2, -0.15) is 0 Å². The number of halogens is 1. The zero-order valence-corrected chi connectivity index (χ0v) is 11.6. The van der Waals surface area contributed by atoms with Crippen LogP contribution >= 0.6 is 11.6 Å². The molecule has 0 bridgehead atoms. The Labute approximate surface area is 122 Å². The Morgan fingerprint density at radius 3 is 2.50 bits per heavy atom. The summed E-state index contributed by atoms with van der Waals surface area (Å²) < 4.78 is 0. The summed E-state index contributed by atoms with van der Waals surface area (Å²) in [5.41, 5.74) is 2.05. The lowest BCUT2D eigenvalue weighted by molar-refractivity contribution is 1.02. The summed E-state index contributed by atoms with van der Waals surface area (Å²) >= 11 is 6.18. The number of nitrogens with zero attached hydrogens (tertiary/aromatic N) is 2. The topological polar surface area (TPSA) is 25.8 Å². The van der Waals surface area contributed by atoms with Crippen molar-refractivity contribution in [3.8, 4) is 0 Å². The molecule has 2 aromatic carbocycles. The first-order valence-corrected chi connectivity index (χ1v) is 6.83. The summed E-state index contributed by atoms with van der Waals surface area (Å²) in [6.45, 7) is 0. The Morgan fingerprint density at radius 1 is 0.900 bits per heavy atom. The van der Waals surface area contributed by atoms with Crippen LogP contribution in [0.15, 0.2) is 60.7 Å². The fraction of sp³-hybridized carbons (Fsp3) is 0.0588. The van der Waals surface area contributed by atoms with Crippen LogP contribution in [0.5, 0.6) is 0 Å². The number of aromatic nitrogens is 2. The van der Waals surface area contributed by atoms with Gasteiger partial charge in [-0.05, 0) is 17.7 Å². The van der Waals surface area contributed by atoms with Crippen LogP contribution in [0.3, 0.4) is 0 Å². The average molecular weight is 281 g/mol. The van der Waals surface area contributed by atoms with E-state index in [4.69, 9.17) is 11.6 Å². The second-order valence-electron chi connectivity index (χ2n) is 4.46. The van der Waals surface area contributed by atoms with Crippen LogP contribution in [0.4, 0.5) is 0 Å². The molecule has 0 atom stereocenters.